The molecule has 4 rings (SSSR count). The Morgan fingerprint density at radius 1 is 0.389 bits per heavy atom. The molecule has 0 saturated carbocycles. The summed E-state index contributed by atoms with van der Waals surface area (Å²) < 4.78 is -0.208. The van der Waals surface area contributed by atoms with Gasteiger partial charge < -0.3 is 37.2 Å². The standard InChI is InChI=1S/C49H71Si.3ClH.Ti/c1-32-21-33(2)43(22-32)50(40-26-34(44(3,4)5)23-35(27-40)45(6,7)8,41-28-36(46(9,10)11)24-37(29-41)47(12,13)14)42-30-38(48(15,16)17)25-39(31-42)49(18,19)20;;;;/h21-31H,1-20H3;3*1H;/q;;;;+3/p-3. The van der Waals surface area contributed by atoms with Crippen LogP contribution in [-0.2, 0) is 52.9 Å². The normalized spacial score (nSPS) is 17.2. The average molecular weight is 842 g/mol. The maximum absolute atomic E-state index is 3.03. The van der Waals surface area contributed by atoms with E-state index in [1.807, 2.05) is 0 Å². The van der Waals surface area contributed by atoms with Crippen LogP contribution in [0.1, 0.15) is 172 Å². The van der Waals surface area contributed by atoms with Crippen LogP contribution in [0.3, 0.4) is 0 Å². The van der Waals surface area contributed by atoms with Crippen LogP contribution in [0.25, 0.3) is 0 Å². The van der Waals surface area contributed by atoms with E-state index in [0.29, 0.717) is 0 Å². The number of rotatable bonds is 4. The van der Waals surface area contributed by atoms with Gasteiger partial charge in [-0.2, -0.15) is 0 Å². The molecule has 1 aliphatic carbocycles. The minimum Gasteiger partial charge on any atom is -1.00 e. The maximum atomic E-state index is 2.66. The van der Waals surface area contributed by atoms with Crippen LogP contribution in [0.15, 0.2) is 77.9 Å². The number of hydrogen-bond donors (Lipinski definition) is 0. The van der Waals surface area contributed by atoms with Crippen LogP contribution in [0.4, 0.5) is 0 Å². The molecule has 0 aromatic heterocycles. The van der Waals surface area contributed by atoms with E-state index in [4.69, 9.17) is 0 Å². The Hall–Kier alpha value is -1.06. The molecule has 0 fully saturated rings. The molecule has 0 bridgehead atoms. The first-order valence-corrected chi connectivity index (χ1v) is 22.1. The maximum Gasteiger partial charge on any atom is -1.00 e. The molecule has 0 N–H and O–H groups in total. The fourth-order valence-corrected chi connectivity index (χ4v) is 15.9. The van der Waals surface area contributed by atoms with Gasteiger partial charge in [0.25, 0.3) is 0 Å². The third kappa shape index (κ3) is 9.96. The summed E-state index contributed by atoms with van der Waals surface area (Å²) >= 11 is 2.60. The van der Waals surface area contributed by atoms with Crippen LogP contribution < -0.4 is 52.8 Å². The predicted octanol–water partition coefficient (Wildman–Crippen LogP) is 3.10. The number of benzene rings is 3. The van der Waals surface area contributed by atoms with Crippen molar-refractivity contribution in [3.63, 3.8) is 0 Å². The van der Waals surface area contributed by atoms with Crippen LogP contribution in [0.5, 0.6) is 0 Å². The molecule has 1 unspecified atom stereocenters. The van der Waals surface area contributed by atoms with Gasteiger partial charge in [-0.05, 0) is 0 Å². The molecule has 0 spiro atoms. The Morgan fingerprint density at radius 2 is 0.593 bits per heavy atom. The number of allylic oxidation sites excluding steroid dienone is 4. The third-order valence-electron chi connectivity index (χ3n) is 11.4. The minimum absolute atomic E-state index is 0. The molecule has 5 heteroatoms. The van der Waals surface area contributed by atoms with Crippen molar-refractivity contribution in [2.75, 3.05) is 0 Å². The SMILES string of the molecule is CC1=C[C]([Ti+3])([Si](c2cc(C(C)(C)C)cc(C(C)(C)C)c2)(c2cc(C(C)(C)C)cc(C(C)(C)C)c2)c2cc(C(C)(C)C)cc(C(C)(C)C)c2)C(C)=C1.[Cl-].[Cl-].[Cl-]. The van der Waals surface area contributed by atoms with Crippen molar-refractivity contribution in [1.82, 2.24) is 0 Å². The summed E-state index contributed by atoms with van der Waals surface area (Å²) in [6.07, 6.45) is 5.15. The second kappa shape index (κ2) is 16.3. The van der Waals surface area contributed by atoms with Crippen LogP contribution in [-0.4, -0.2) is 8.07 Å². The summed E-state index contributed by atoms with van der Waals surface area (Å²) in [5.41, 5.74) is 11.4. The Balaban J connectivity index is 0.00000486. The van der Waals surface area contributed by atoms with Crippen molar-refractivity contribution in [2.45, 2.75) is 174 Å². The summed E-state index contributed by atoms with van der Waals surface area (Å²) in [6, 6.07) is 23.5. The summed E-state index contributed by atoms with van der Waals surface area (Å²) in [4.78, 5) is 0. The molecule has 1 aliphatic rings. The molecule has 0 nitrogen and oxygen atoms in total. The summed E-state index contributed by atoms with van der Waals surface area (Å²) in [6.45, 7) is 47.8. The zero-order valence-electron chi connectivity index (χ0n) is 37.5. The van der Waals surface area contributed by atoms with Crippen molar-refractivity contribution in [1.29, 1.82) is 0 Å². The number of hydrogen-bond acceptors (Lipinski definition) is 0. The summed E-state index contributed by atoms with van der Waals surface area (Å²) in [5.74, 6) is 0. The van der Waals surface area contributed by atoms with E-state index < -0.39 is 8.07 Å². The number of halogens is 3. The second-order valence-electron chi connectivity index (χ2n) is 22.2. The van der Waals surface area contributed by atoms with Gasteiger partial charge in [-0.25, -0.2) is 0 Å². The first-order chi connectivity index (χ1) is 22.7. The zero-order valence-corrected chi connectivity index (χ0v) is 42.3. The van der Waals surface area contributed by atoms with Crippen LogP contribution in [0, 0.1) is 0 Å². The van der Waals surface area contributed by atoms with Crippen molar-refractivity contribution < 1.29 is 57.7 Å². The Bertz CT molecular complexity index is 1590. The van der Waals surface area contributed by atoms with Gasteiger partial charge in [0, 0.05) is 0 Å². The molecule has 296 valence electrons. The molecule has 0 saturated heterocycles. The fraction of sp³-hybridized carbons (Fsp3) is 0.551. The van der Waals surface area contributed by atoms with E-state index in [2.05, 4.69) is 226 Å². The summed E-state index contributed by atoms with van der Waals surface area (Å²) in [7, 11) is -3.03. The largest absolute Gasteiger partial charge is 1.00 e. The quantitative estimate of drug-likeness (QED) is 0.280. The molecule has 0 amide bonds. The van der Waals surface area contributed by atoms with Crippen molar-refractivity contribution in [3.8, 4) is 0 Å². The van der Waals surface area contributed by atoms with Gasteiger partial charge in [0.05, 0.1) is 0 Å². The Morgan fingerprint density at radius 3 is 0.741 bits per heavy atom. The van der Waals surface area contributed by atoms with E-state index in [1.54, 1.807) is 0 Å². The van der Waals surface area contributed by atoms with Gasteiger partial charge >= 0.3 is 330 Å². The van der Waals surface area contributed by atoms with Gasteiger partial charge in [-0.1, -0.05) is 0 Å². The van der Waals surface area contributed by atoms with Crippen molar-refractivity contribution >= 4 is 23.6 Å². The molecule has 54 heavy (non-hydrogen) atoms. The van der Waals surface area contributed by atoms with Gasteiger partial charge in [-0.15, -0.1) is 0 Å². The zero-order chi connectivity index (χ0) is 39.1. The van der Waals surface area contributed by atoms with E-state index in [1.165, 1.54) is 60.1 Å². The molecule has 1 atom stereocenters. The van der Waals surface area contributed by atoms with Gasteiger partial charge in [0.1, 0.15) is 0 Å². The topological polar surface area (TPSA) is 0 Å². The fourth-order valence-electron chi connectivity index (χ4n) is 7.67. The van der Waals surface area contributed by atoms with Gasteiger partial charge in [-0.3, -0.25) is 0 Å². The molecular weight excluding hydrogens is 771 g/mol. The molecule has 3 aromatic rings. The van der Waals surface area contributed by atoms with E-state index >= 15 is 0 Å². The summed E-state index contributed by atoms with van der Waals surface area (Å²) in [5, 5.41) is 4.58. The second-order valence-corrected chi connectivity index (χ2v) is 28.2. The van der Waals surface area contributed by atoms with E-state index in [-0.39, 0.29) is 73.1 Å². The molecule has 0 aliphatic heterocycles. The third-order valence-corrected chi connectivity index (χ3v) is 19.2. The van der Waals surface area contributed by atoms with Crippen LogP contribution >= 0.6 is 0 Å². The Kier molecular flexibility index (Phi) is 15.4. The molecule has 3 aromatic carbocycles. The van der Waals surface area contributed by atoms with E-state index in [9.17, 15) is 0 Å². The first kappa shape index (κ1) is 51.0. The van der Waals surface area contributed by atoms with Crippen LogP contribution in [0.2, 0.25) is 3.34 Å². The van der Waals surface area contributed by atoms with Crippen molar-refractivity contribution in [3.05, 3.63) is 111 Å². The van der Waals surface area contributed by atoms with Crippen molar-refractivity contribution in [2.24, 2.45) is 0 Å². The monoisotopic (exact) mass is 840 g/mol. The van der Waals surface area contributed by atoms with E-state index in [0.717, 1.165) is 0 Å². The predicted molar refractivity (Wildman–Crippen MR) is 226 cm³/mol. The van der Waals surface area contributed by atoms with Gasteiger partial charge in [0.15, 0.2) is 0 Å². The Labute approximate surface area is 364 Å². The smallest absolute Gasteiger partial charge is 1.00 e. The first-order valence-electron chi connectivity index (χ1n) is 19.4. The van der Waals surface area contributed by atoms with Gasteiger partial charge in [0.2, 0.25) is 0 Å². The molecular formula is C49H71Cl3SiTi. The average Bonchev–Trinajstić information content (AvgIpc) is 3.21. The molecule has 0 radical (unpaired) electrons. The minimum atomic E-state index is -3.03. The molecule has 0 heterocycles.